The van der Waals surface area contributed by atoms with Crippen LogP contribution in [0.25, 0.3) is 0 Å². The molecule has 4 nitrogen and oxygen atoms in total. The summed E-state index contributed by atoms with van der Waals surface area (Å²) in [6.45, 7) is 6.25. The molecule has 0 amide bonds. The van der Waals surface area contributed by atoms with E-state index in [1.54, 1.807) is 0 Å². The van der Waals surface area contributed by atoms with Crippen molar-refractivity contribution in [2.24, 2.45) is 0 Å². The van der Waals surface area contributed by atoms with Crippen LogP contribution in [0.1, 0.15) is 20.3 Å². The smallest absolute Gasteiger partial charge is 0.316 e. The molecule has 1 atom stereocenters. The highest BCUT2D eigenvalue weighted by atomic mass is 19.1. The van der Waals surface area contributed by atoms with E-state index in [0.717, 1.165) is 31.9 Å². The third-order valence-electron chi connectivity index (χ3n) is 2.78. The zero-order chi connectivity index (χ0) is 11.5. The Kier molecular flexibility index (Phi) is 3.33. The van der Waals surface area contributed by atoms with Crippen molar-refractivity contribution in [1.29, 1.82) is 0 Å². The summed E-state index contributed by atoms with van der Waals surface area (Å²) >= 11 is 0. The van der Waals surface area contributed by atoms with Crippen LogP contribution in [-0.4, -0.2) is 40.1 Å². The van der Waals surface area contributed by atoms with Gasteiger partial charge in [-0.1, -0.05) is 0 Å². The molecule has 1 unspecified atom stereocenters. The van der Waals surface area contributed by atoms with E-state index in [2.05, 4.69) is 28.7 Å². The minimum absolute atomic E-state index is 0.118. The minimum Gasteiger partial charge on any atom is -0.459 e. The molecule has 1 aromatic rings. The maximum Gasteiger partial charge on any atom is 0.316 e. The number of hydrogen-bond donors (Lipinski definition) is 0. The number of halogens is 1. The first-order chi connectivity index (χ1) is 7.65. The van der Waals surface area contributed by atoms with Crippen molar-refractivity contribution < 1.29 is 9.13 Å². The van der Waals surface area contributed by atoms with Gasteiger partial charge >= 0.3 is 6.01 Å². The van der Waals surface area contributed by atoms with Crippen LogP contribution in [0, 0.1) is 5.82 Å². The van der Waals surface area contributed by atoms with Crippen LogP contribution in [0.3, 0.4) is 0 Å². The van der Waals surface area contributed by atoms with E-state index in [9.17, 15) is 4.39 Å². The molecule has 0 aromatic carbocycles. The summed E-state index contributed by atoms with van der Waals surface area (Å²) in [5.41, 5.74) is 0. The Morgan fingerprint density at radius 3 is 2.69 bits per heavy atom. The fourth-order valence-corrected chi connectivity index (χ4v) is 1.83. The zero-order valence-corrected chi connectivity index (χ0v) is 9.56. The van der Waals surface area contributed by atoms with Gasteiger partial charge in [-0.15, -0.1) is 0 Å². The van der Waals surface area contributed by atoms with E-state index in [-0.39, 0.29) is 12.1 Å². The van der Waals surface area contributed by atoms with E-state index in [0.29, 0.717) is 6.04 Å². The monoisotopic (exact) mass is 225 g/mol. The first kappa shape index (κ1) is 11.3. The molecular formula is C11H16FN3O. The van der Waals surface area contributed by atoms with Gasteiger partial charge in [-0.2, -0.15) is 0 Å². The van der Waals surface area contributed by atoms with Gasteiger partial charge in [0, 0.05) is 19.1 Å². The first-order valence-electron chi connectivity index (χ1n) is 5.53. The van der Waals surface area contributed by atoms with Crippen molar-refractivity contribution in [2.45, 2.75) is 32.4 Å². The molecule has 0 radical (unpaired) electrons. The van der Waals surface area contributed by atoms with E-state index in [4.69, 9.17) is 4.74 Å². The summed E-state index contributed by atoms with van der Waals surface area (Å²) in [4.78, 5) is 9.91. The predicted molar refractivity (Wildman–Crippen MR) is 57.7 cm³/mol. The highest BCUT2D eigenvalue weighted by molar-refractivity contribution is 4.97. The van der Waals surface area contributed by atoms with Crippen LogP contribution < -0.4 is 4.74 Å². The van der Waals surface area contributed by atoms with E-state index >= 15 is 0 Å². The number of hydrogen-bond acceptors (Lipinski definition) is 4. The van der Waals surface area contributed by atoms with E-state index < -0.39 is 5.82 Å². The van der Waals surface area contributed by atoms with Crippen LogP contribution in [-0.2, 0) is 0 Å². The molecule has 0 N–H and O–H groups in total. The Hall–Kier alpha value is -1.23. The second-order valence-electron chi connectivity index (χ2n) is 4.30. The molecule has 1 aromatic heterocycles. The highest BCUT2D eigenvalue weighted by Crippen LogP contribution is 2.16. The Balaban J connectivity index is 1.89. The standard InChI is InChI=1S/C11H16FN3O/c1-8(2)15-4-3-10(7-15)16-11-13-5-9(12)6-14-11/h5-6,8,10H,3-4,7H2,1-2H3. The van der Waals surface area contributed by atoms with Crippen molar-refractivity contribution in [3.63, 3.8) is 0 Å². The Morgan fingerprint density at radius 2 is 2.12 bits per heavy atom. The molecule has 0 bridgehead atoms. The van der Waals surface area contributed by atoms with Crippen molar-refractivity contribution in [3.05, 3.63) is 18.2 Å². The topological polar surface area (TPSA) is 38.2 Å². The average Bonchev–Trinajstić information content (AvgIpc) is 2.70. The van der Waals surface area contributed by atoms with Crippen LogP contribution in [0.2, 0.25) is 0 Å². The van der Waals surface area contributed by atoms with Crippen LogP contribution in [0.4, 0.5) is 4.39 Å². The van der Waals surface area contributed by atoms with Crippen molar-refractivity contribution >= 4 is 0 Å². The summed E-state index contributed by atoms with van der Waals surface area (Å²) in [5, 5.41) is 0. The van der Waals surface area contributed by atoms with Gasteiger partial charge in [-0.25, -0.2) is 14.4 Å². The maximum atomic E-state index is 12.6. The summed E-state index contributed by atoms with van der Waals surface area (Å²) in [5.74, 6) is -0.442. The molecule has 1 aliphatic heterocycles. The largest absolute Gasteiger partial charge is 0.459 e. The van der Waals surface area contributed by atoms with Gasteiger partial charge in [0.15, 0.2) is 5.82 Å². The normalized spacial score (nSPS) is 21.6. The Bertz CT molecular complexity index is 342. The molecule has 1 fully saturated rings. The number of likely N-dealkylation sites (tertiary alicyclic amines) is 1. The second kappa shape index (κ2) is 4.74. The van der Waals surface area contributed by atoms with Crippen LogP contribution in [0.15, 0.2) is 12.4 Å². The van der Waals surface area contributed by atoms with Gasteiger partial charge < -0.3 is 4.74 Å². The predicted octanol–water partition coefficient (Wildman–Crippen LogP) is 1.48. The van der Waals surface area contributed by atoms with Gasteiger partial charge in [0.25, 0.3) is 0 Å². The lowest BCUT2D eigenvalue weighted by atomic mass is 10.3. The van der Waals surface area contributed by atoms with Crippen molar-refractivity contribution in [3.8, 4) is 6.01 Å². The number of aromatic nitrogens is 2. The molecule has 0 spiro atoms. The molecule has 88 valence electrons. The Labute approximate surface area is 94.5 Å². The summed E-state index contributed by atoms with van der Waals surface area (Å²) < 4.78 is 18.2. The van der Waals surface area contributed by atoms with E-state index in [1.165, 1.54) is 0 Å². The molecule has 2 rings (SSSR count). The zero-order valence-electron chi connectivity index (χ0n) is 9.56. The highest BCUT2D eigenvalue weighted by Gasteiger charge is 2.26. The average molecular weight is 225 g/mol. The fraction of sp³-hybridized carbons (Fsp3) is 0.636. The van der Waals surface area contributed by atoms with Gasteiger partial charge in [0.1, 0.15) is 6.10 Å². The molecule has 0 aliphatic carbocycles. The third-order valence-corrected chi connectivity index (χ3v) is 2.78. The molecule has 0 saturated carbocycles. The Morgan fingerprint density at radius 1 is 1.44 bits per heavy atom. The number of rotatable bonds is 3. The number of nitrogens with zero attached hydrogens (tertiary/aromatic N) is 3. The minimum atomic E-state index is -0.442. The third kappa shape index (κ3) is 2.66. The molecular weight excluding hydrogens is 209 g/mol. The fourth-order valence-electron chi connectivity index (χ4n) is 1.83. The number of ether oxygens (including phenoxy) is 1. The molecule has 2 heterocycles. The van der Waals surface area contributed by atoms with Gasteiger partial charge in [-0.3, -0.25) is 4.90 Å². The first-order valence-corrected chi connectivity index (χ1v) is 5.53. The molecule has 1 aliphatic rings. The molecule has 16 heavy (non-hydrogen) atoms. The van der Waals surface area contributed by atoms with Crippen molar-refractivity contribution in [2.75, 3.05) is 13.1 Å². The lowest BCUT2D eigenvalue weighted by molar-refractivity contribution is 0.174. The van der Waals surface area contributed by atoms with Crippen LogP contribution >= 0.6 is 0 Å². The molecule has 5 heteroatoms. The van der Waals surface area contributed by atoms with Gasteiger partial charge in [-0.05, 0) is 20.3 Å². The van der Waals surface area contributed by atoms with Gasteiger partial charge in [0.05, 0.1) is 12.4 Å². The second-order valence-corrected chi connectivity index (χ2v) is 4.30. The summed E-state index contributed by atoms with van der Waals surface area (Å²) in [6.07, 6.45) is 3.33. The lowest BCUT2D eigenvalue weighted by Crippen LogP contribution is -2.30. The maximum absolute atomic E-state index is 12.6. The van der Waals surface area contributed by atoms with Crippen molar-refractivity contribution in [1.82, 2.24) is 14.9 Å². The lowest BCUT2D eigenvalue weighted by Gasteiger charge is -2.19. The molecule has 1 saturated heterocycles. The SMILES string of the molecule is CC(C)N1CCC(Oc2ncc(F)cn2)C1. The summed E-state index contributed by atoms with van der Waals surface area (Å²) in [7, 11) is 0. The van der Waals surface area contributed by atoms with Gasteiger partial charge in [0.2, 0.25) is 0 Å². The quantitative estimate of drug-likeness (QED) is 0.781. The van der Waals surface area contributed by atoms with E-state index in [1.807, 2.05) is 0 Å². The summed E-state index contributed by atoms with van der Waals surface area (Å²) in [6, 6.07) is 0.791. The van der Waals surface area contributed by atoms with Crippen LogP contribution in [0.5, 0.6) is 6.01 Å².